The van der Waals surface area contributed by atoms with Crippen molar-refractivity contribution >= 4 is 5.91 Å². The highest BCUT2D eigenvalue weighted by molar-refractivity contribution is 5.75. The maximum Gasteiger partial charge on any atom is 0.219 e. The summed E-state index contributed by atoms with van der Waals surface area (Å²) in [6.45, 7) is 1.87. The third kappa shape index (κ3) is 5.14. The van der Waals surface area contributed by atoms with Crippen LogP contribution in [0.1, 0.15) is 32.1 Å². The minimum absolute atomic E-state index is 0.0809. The highest BCUT2D eigenvalue weighted by Crippen LogP contribution is 2.24. The first kappa shape index (κ1) is 12.5. The Bertz CT molecular complexity index is 197. The standard InChI is InChI=1S/C11H22N2O2/c1-12-11(15)3-2-6-13-8-9-4-5-10(14)7-9/h9-10,13-14H,2-8H2,1H3,(H,12,15). The number of carbonyl (C=O) groups is 1. The number of carbonyl (C=O) groups excluding carboxylic acids is 1. The molecule has 1 fully saturated rings. The van der Waals surface area contributed by atoms with Crippen LogP contribution in [0.5, 0.6) is 0 Å². The van der Waals surface area contributed by atoms with E-state index in [1.807, 2.05) is 0 Å². The summed E-state index contributed by atoms with van der Waals surface area (Å²) >= 11 is 0. The van der Waals surface area contributed by atoms with E-state index in [0.29, 0.717) is 12.3 Å². The van der Waals surface area contributed by atoms with Gasteiger partial charge in [-0.2, -0.15) is 0 Å². The van der Waals surface area contributed by atoms with Crippen molar-refractivity contribution in [3.8, 4) is 0 Å². The fraction of sp³-hybridized carbons (Fsp3) is 0.909. The Labute approximate surface area is 91.4 Å². The second kappa shape index (κ2) is 6.80. The van der Waals surface area contributed by atoms with Gasteiger partial charge in [0, 0.05) is 13.5 Å². The maximum atomic E-state index is 10.9. The second-order valence-corrected chi connectivity index (χ2v) is 4.31. The number of amides is 1. The van der Waals surface area contributed by atoms with Gasteiger partial charge in [-0.15, -0.1) is 0 Å². The van der Waals surface area contributed by atoms with Crippen molar-refractivity contribution in [3.63, 3.8) is 0 Å². The van der Waals surface area contributed by atoms with E-state index in [0.717, 1.165) is 38.8 Å². The Morgan fingerprint density at radius 2 is 2.27 bits per heavy atom. The van der Waals surface area contributed by atoms with Crippen LogP contribution in [0.25, 0.3) is 0 Å². The Kier molecular flexibility index (Phi) is 5.65. The van der Waals surface area contributed by atoms with Crippen molar-refractivity contribution in [1.29, 1.82) is 0 Å². The normalized spacial score (nSPS) is 25.5. The average molecular weight is 214 g/mol. The quantitative estimate of drug-likeness (QED) is 0.556. The highest BCUT2D eigenvalue weighted by Gasteiger charge is 2.21. The summed E-state index contributed by atoms with van der Waals surface area (Å²) in [7, 11) is 1.66. The molecule has 0 aromatic heterocycles. The Morgan fingerprint density at radius 3 is 2.87 bits per heavy atom. The third-order valence-electron chi connectivity index (χ3n) is 2.98. The largest absolute Gasteiger partial charge is 0.393 e. The van der Waals surface area contributed by atoms with E-state index in [-0.39, 0.29) is 12.0 Å². The molecule has 1 aliphatic rings. The van der Waals surface area contributed by atoms with Crippen LogP contribution in [0.3, 0.4) is 0 Å². The molecule has 15 heavy (non-hydrogen) atoms. The lowest BCUT2D eigenvalue weighted by atomic mass is 10.1. The van der Waals surface area contributed by atoms with Gasteiger partial charge >= 0.3 is 0 Å². The number of hydrogen-bond acceptors (Lipinski definition) is 3. The van der Waals surface area contributed by atoms with Crippen molar-refractivity contribution in [2.75, 3.05) is 20.1 Å². The lowest BCUT2D eigenvalue weighted by Crippen LogP contribution is -2.25. The van der Waals surface area contributed by atoms with Crippen LogP contribution < -0.4 is 10.6 Å². The molecule has 0 spiro atoms. The van der Waals surface area contributed by atoms with Gasteiger partial charge < -0.3 is 15.7 Å². The summed E-state index contributed by atoms with van der Waals surface area (Å²) in [5, 5.41) is 15.3. The molecule has 4 heteroatoms. The van der Waals surface area contributed by atoms with Gasteiger partial charge in [-0.3, -0.25) is 4.79 Å². The second-order valence-electron chi connectivity index (χ2n) is 4.31. The first-order valence-electron chi connectivity index (χ1n) is 5.81. The molecular weight excluding hydrogens is 192 g/mol. The van der Waals surface area contributed by atoms with Crippen LogP contribution in [0, 0.1) is 5.92 Å². The molecule has 1 saturated carbocycles. The molecule has 2 atom stereocenters. The first-order valence-corrected chi connectivity index (χ1v) is 5.81. The smallest absolute Gasteiger partial charge is 0.219 e. The molecule has 0 aliphatic heterocycles. The van der Waals surface area contributed by atoms with Crippen molar-refractivity contribution in [2.45, 2.75) is 38.2 Å². The molecule has 0 heterocycles. The van der Waals surface area contributed by atoms with Crippen molar-refractivity contribution < 1.29 is 9.90 Å². The monoisotopic (exact) mass is 214 g/mol. The summed E-state index contributed by atoms with van der Waals surface area (Å²) in [5.41, 5.74) is 0. The molecule has 0 aromatic carbocycles. The zero-order valence-corrected chi connectivity index (χ0v) is 9.46. The van der Waals surface area contributed by atoms with Crippen molar-refractivity contribution in [3.05, 3.63) is 0 Å². The van der Waals surface area contributed by atoms with Crippen LogP contribution in [0.15, 0.2) is 0 Å². The van der Waals surface area contributed by atoms with E-state index >= 15 is 0 Å². The fourth-order valence-electron chi connectivity index (χ4n) is 2.04. The van der Waals surface area contributed by atoms with Gasteiger partial charge in [0.05, 0.1) is 6.10 Å². The first-order chi connectivity index (χ1) is 7.22. The molecule has 0 bridgehead atoms. The molecule has 0 saturated heterocycles. The fourth-order valence-corrected chi connectivity index (χ4v) is 2.04. The van der Waals surface area contributed by atoms with E-state index in [2.05, 4.69) is 10.6 Å². The van der Waals surface area contributed by atoms with Gasteiger partial charge in [-0.1, -0.05) is 0 Å². The third-order valence-corrected chi connectivity index (χ3v) is 2.98. The van der Waals surface area contributed by atoms with Crippen LogP contribution >= 0.6 is 0 Å². The van der Waals surface area contributed by atoms with Gasteiger partial charge in [0.15, 0.2) is 0 Å². The minimum Gasteiger partial charge on any atom is -0.393 e. The van der Waals surface area contributed by atoms with E-state index in [4.69, 9.17) is 0 Å². The molecular formula is C11H22N2O2. The summed E-state index contributed by atoms with van der Waals surface area (Å²) in [5.74, 6) is 0.730. The summed E-state index contributed by atoms with van der Waals surface area (Å²) in [6.07, 6.45) is 4.41. The molecule has 4 nitrogen and oxygen atoms in total. The number of rotatable bonds is 6. The number of hydrogen-bond donors (Lipinski definition) is 3. The minimum atomic E-state index is -0.0809. The predicted octanol–water partition coefficient (Wildman–Crippen LogP) is 0.263. The molecule has 1 aliphatic carbocycles. The van der Waals surface area contributed by atoms with E-state index in [1.54, 1.807) is 7.05 Å². The van der Waals surface area contributed by atoms with E-state index < -0.39 is 0 Å². The van der Waals surface area contributed by atoms with Crippen LogP contribution in [0.4, 0.5) is 0 Å². The number of aliphatic hydroxyl groups excluding tert-OH is 1. The molecule has 1 amide bonds. The van der Waals surface area contributed by atoms with E-state index in [9.17, 15) is 9.90 Å². The van der Waals surface area contributed by atoms with E-state index in [1.165, 1.54) is 0 Å². The molecule has 2 unspecified atom stereocenters. The molecule has 0 radical (unpaired) electrons. The lowest BCUT2D eigenvalue weighted by Gasteiger charge is -2.10. The van der Waals surface area contributed by atoms with Crippen LogP contribution in [-0.4, -0.2) is 37.3 Å². The molecule has 0 aromatic rings. The number of aliphatic hydroxyl groups is 1. The Balaban J connectivity index is 1.91. The Hall–Kier alpha value is -0.610. The van der Waals surface area contributed by atoms with Crippen LogP contribution in [-0.2, 0) is 4.79 Å². The zero-order valence-electron chi connectivity index (χ0n) is 9.46. The lowest BCUT2D eigenvalue weighted by molar-refractivity contribution is -0.120. The van der Waals surface area contributed by atoms with Gasteiger partial charge in [0.2, 0.25) is 5.91 Å². The molecule has 1 rings (SSSR count). The molecule has 3 N–H and O–H groups in total. The van der Waals surface area contributed by atoms with Gasteiger partial charge in [0.1, 0.15) is 0 Å². The van der Waals surface area contributed by atoms with Crippen LogP contribution in [0.2, 0.25) is 0 Å². The van der Waals surface area contributed by atoms with Crippen molar-refractivity contribution in [1.82, 2.24) is 10.6 Å². The summed E-state index contributed by atoms with van der Waals surface area (Å²) < 4.78 is 0. The van der Waals surface area contributed by atoms with Crippen molar-refractivity contribution in [2.24, 2.45) is 5.92 Å². The van der Waals surface area contributed by atoms with Gasteiger partial charge in [0.25, 0.3) is 0 Å². The van der Waals surface area contributed by atoms with Gasteiger partial charge in [-0.05, 0) is 44.7 Å². The average Bonchev–Trinajstić information content (AvgIpc) is 2.63. The number of nitrogens with one attached hydrogen (secondary N) is 2. The summed E-state index contributed by atoms with van der Waals surface area (Å²) in [4.78, 5) is 10.9. The molecule has 88 valence electrons. The highest BCUT2D eigenvalue weighted by atomic mass is 16.3. The van der Waals surface area contributed by atoms with Gasteiger partial charge in [-0.25, -0.2) is 0 Å². The Morgan fingerprint density at radius 1 is 1.47 bits per heavy atom. The SMILES string of the molecule is CNC(=O)CCCNCC1CCC(O)C1. The topological polar surface area (TPSA) is 61.4 Å². The predicted molar refractivity (Wildman–Crippen MR) is 59.5 cm³/mol. The summed E-state index contributed by atoms with van der Waals surface area (Å²) in [6, 6.07) is 0. The maximum absolute atomic E-state index is 10.9. The zero-order chi connectivity index (χ0) is 11.1.